The molecule has 6 heteroatoms. The number of hydrogen-bond acceptors (Lipinski definition) is 4. The van der Waals surface area contributed by atoms with Crippen LogP contribution in [0.1, 0.15) is 12.0 Å². The third kappa shape index (κ3) is 3.27. The van der Waals surface area contributed by atoms with E-state index in [-0.39, 0.29) is 5.91 Å². The maximum atomic E-state index is 12.4. The van der Waals surface area contributed by atoms with Crippen LogP contribution in [0.25, 0.3) is 0 Å². The Morgan fingerprint density at radius 3 is 2.64 bits per heavy atom. The summed E-state index contributed by atoms with van der Waals surface area (Å²) in [6.07, 6.45) is 1.57. The van der Waals surface area contributed by atoms with E-state index in [1.165, 1.54) is 0 Å². The number of amides is 2. The van der Waals surface area contributed by atoms with Crippen LogP contribution in [0.4, 0.5) is 0 Å². The smallest absolute Gasteiger partial charge is 0.267 e. The van der Waals surface area contributed by atoms with Gasteiger partial charge in [0.15, 0.2) is 0 Å². The van der Waals surface area contributed by atoms with Crippen LogP contribution in [-0.4, -0.2) is 60.1 Å². The first-order valence-corrected chi connectivity index (χ1v) is 7.50. The van der Waals surface area contributed by atoms with Crippen molar-refractivity contribution >= 4 is 18.0 Å². The first kappa shape index (κ1) is 14.6. The van der Waals surface area contributed by atoms with Crippen LogP contribution >= 0.6 is 0 Å². The van der Waals surface area contributed by atoms with Crippen LogP contribution in [0.2, 0.25) is 0 Å². The lowest BCUT2D eigenvalue weighted by atomic mass is 10.0. The Balaban J connectivity index is 1.51. The van der Waals surface area contributed by atoms with Crippen LogP contribution in [0.15, 0.2) is 35.5 Å². The molecule has 0 bridgehead atoms. The van der Waals surface area contributed by atoms with Crippen LogP contribution in [0.3, 0.4) is 0 Å². The van der Waals surface area contributed by atoms with E-state index in [9.17, 15) is 9.59 Å². The van der Waals surface area contributed by atoms with Crippen LogP contribution in [0.5, 0.6) is 0 Å². The molecule has 0 aromatic heterocycles. The summed E-state index contributed by atoms with van der Waals surface area (Å²) >= 11 is 0. The van der Waals surface area contributed by atoms with Gasteiger partial charge in [-0.2, -0.15) is 0 Å². The number of piperazine rings is 1. The Morgan fingerprint density at radius 2 is 1.95 bits per heavy atom. The molecule has 0 unspecified atom stereocenters. The Hall–Kier alpha value is -2.37. The lowest BCUT2D eigenvalue weighted by molar-refractivity contribution is -0.145. The van der Waals surface area contributed by atoms with Gasteiger partial charge in [-0.3, -0.25) is 9.59 Å². The van der Waals surface area contributed by atoms with Crippen molar-refractivity contribution in [3.8, 4) is 0 Å². The molecule has 1 aromatic carbocycles. The SMILES string of the molecule is O=CN1CCN(C(=O)[C@H]2CC(Cc3ccccc3)=NO2)CC1. The maximum Gasteiger partial charge on any atom is 0.267 e. The number of nitrogens with zero attached hydrogens (tertiary/aromatic N) is 3. The Bertz CT molecular complexity index is 565. The van der Waals surface area contributed by atoms with Gasteiger partial charge in [-0.15, -0.1) is 0 Å². The fourth-order valence-electron chi connectivity index (χ4n) is 2.75. The predicted molar refractivity (Wildman–Crippen MR) is 81.3 cm³/mol. The van der Waals surface area contributed by atoms with E-state index in [2.05, 4.69) is 5.16 Å². The maximum absolute atomic E-state index is 12.4. The first-order valence-electron chi connectivity index (χ1n) is 7.50. The molecule has 2 aliphatic rings. The minimum atomic E-state index is -0.513. The number of benzene rings is 1. The van der Waals surface area contributed by atoms with Crippen molar-refractivity contribution < 1.29 is 14.4 Å². The van der Waals surface area contributed by atoms with E-state index in [1.807, 2.05) is 30.3 Å². The summed E-state index contributed by atoms with van der Waals surface area (Å²) in [7, 11) is 0. The van der Waals surface area contributed by atoms with Crippen LogP contribution < -0.4 is 0 Å². The molecule has 6 nitrogen and oxygen atoms in total. The molecule has 0 spiro atoms. The molecule has 1 saturated heterocycles. The average molecular weight is 301 g/mol. The van der Waals surface area contributed by atoms with Crippen molar-refractivity contribution in [3.05, 3.63) is 35.9 Å². The van der Waals surface area contributed by atoms with E-state index >= 15 is 0 Å². The first-order chi connectivity index (χ1) is 10.8. The molecule has 22 heavy (non-hydrogen) atoms. The van der Waals surface area contributed by atoms with Crippen LogP contribution in [0, 0.1) is 0 Å². The van der Waals surface area contributed by atoms with E-state index < -0.39 is 6.10 Å². The minimum Gasteiger partial charge on any atom is -0.382 e. The van der Waals surface area contributed by atoms with Crippen LogP contribution in [-0.2, 0) is 20.8 Å². The van der Waals surface area contributed by atoms with Gasteiger partial charge >= 0.3 is 0 Å². The molecule has 1 atom stereocenters. The van der Waals surface area contributed by atoms with E-state index in [0.717, 1.165) is 17.7 Å². The van der Waals surface area contributed by atoms with Crippen molar-refractivity contribution in [3.63, 3.8) is 0 Å². The number of rotatable bonds is 4. The highest BCUT2D eigenvalue weighted by Gasteiger charge is 2.33. The highest BCUT2D eigenvalue weighted by atomic mass is 16.6. The van der Waals surface area contributed by atoms with Gasteiger partial charge in [0.2, 0.25) is 12.5 Å². The largest absolute Gasteiger partial charge is 0.382 e. The molecule has 2 heterocycles. The quantitative estimate of drug-likeness (QED) is 0.768. The summed E-state index contributed by atoms with van der Waals surface area (Å²) in [5.74, 6) is -0.0302. The summed E-state index contributed by atoms with van der Waals surface area (Å²) < 4.78 is 0. The fourth-order valence-corrected chi connectivity index (χ4v) is 2.75. The fraction of sp³-hybridized carbons (Fsp3) is 0.438. The summed E-state index contributed by atoms with van der Waals surface area (Å²) in [4.78, 5) is 31.9. The molecule has 0 radical (unpaired) electrons. The number of oxime groups is 1. The Kier molecular flexibility index (Phi) is 4.37. The van der Waals surface area contributed by atoms with E-state index in [0.29, 0.717) is 39.0 Å². The number of hydrogen-bond donors (Lipinski definition) is 0. The van der Waals surface area contributed by atoms with Crippen molar-refractivity contribution in [2.75, 3.05) is 26.2 Å². The second kappa shape index (κ2) is 6.60. The second-order valence-electron chi connectivity index (χ2n) is 5.58. The van der Waals surface area contributed by atoms with E-state index in [1.54, 1.807) is 9.80 Å². The molecule has 0 saturated carbocycles. The lowest BCUT2D eigenvalue weighted by Gasteiger charge is -2.33. The molecule has 3 rings (SSSR count). The van der Waals surface area contributed by atoms with Gasteiger partial charge < -0.3 is 14.6 Å². The minimum absolute atomic E-state index is 0.0302. The number of carbonyl (C=O) groups is 2. The highest BCUT2D eigenvalue weighted by Crippen LogP contribution is 2.17. The number of carbonyl (C=O) groups excluding carboxylic acids is 2. The van der Waals surface area contributed by atoms with Gasteiger partial charge in [0.05, 0.1) is 5.71 Å². The molecule has 0 aliphatic carbocycles. The topological polar surface area (TPSA) is 62.2 Å². The zero-order valence-electron chi connectivity index (χ0n) is 12.4. The predicted octanol–water partition coefficient (Wildman–Crippen LogP) is 0.675. The van der Waals surface area contributed by atoms with Crippen molar-refractivity contribution in [1.29, 1.82) is 0 Å². The average Bonchev–Trinajstić information content (AvgIpc) is 3.04. The van der Waals surface area contributed by atoms with Crippen molar-refractivity contribution in [1.82, 2.24) is 9.80 Å². The second-order valence-corrected chi connectivity index (χ2v) is 5.58. The molecule has 0 N–H and O–H groups in total. The normalized spacial score (nSPS) is 21.3. The van der Waals surface area contributed by atoms with Gasteiger partial charge in [0, 0.05) is 39.0 Å². The summed E-state index contributed by atoms with van der Waals surface area (Å²) in [5.41, 5.74) is 2.06. The Morgan fingerprint density at radius 1 is 1.23 bits per heavy atom. The Labute approximate surface area is 129 Å². The third-order valence-electron chi connectivity index (χ3n) is 4.03. The zero-order chi connectivity index (χ0) is 15.4. The van der Waals surface area contributed by atoms with Gasteiger partial charge in [-0.25, -0.2) is 0 Å². The standard InChI is InChI=1S/C16H19N3O3/c20-12-18-6-8-19(9-7-18)16(21)15-11-14(17-22-15)10-13-4-2-1-3-5-13/h1-5,12,15H,6-11H2/t15-/m1/s1. The lowest BCUT2D eigenvalue weighted by Crippen LogP contribution is -2.51. The van der Waals surface area contributed by atoms with E-state index in [4.69, 9.17) is 4.84 Å². The highest BCUT2D eigenvalue weighted by molar-refractivity contribution is 5.94. The molecule has 1 fully saturated rings. The van der Waals surface area contributed by atoms with Gasteiger partial charge in [0.25, 0.3) is 5.91 Å². The van der Waals surface area contributed by atoms with Crippen molar-refractivity contribution in [2.24, 2.45) is 5.16 Å². The van der Waals surface area contributed by atoms with Gasteiger partial charge in [0.1, 0.15) is 0 Å². The van der Waals surface area contributed by atoms with Gasteiger partial charge in [-0.1, -0.05) is 35.5 Å². The van der Waals surface area contributed by atoms with Crippen molar-refractivity contribution in [2.45, 2.75) is 18.9 Å². The molecular formula is C16H19N3O3. The summed E-state index contributed by atoms with van der Waals surface area (Å²) in [6.45, 7) is 2.29. The molecular weight excluding hydrogens is 282 g/mol. The summed E-state index contributed by atoms with van der Waals surface area (Å²) in [6, 6.07) is 10.0. The molecule has 1 aromatic rings. The van der Waals surface area contributed by atoms with Gasteiger partial charge in [-0.05, 0) is 5.56 Å². The monoisotopic (exact) mass is 301 g/mol. The molecule has 116 valence electrons. The molecule has 2 amide bonds. The molecule has 2 aliphatic heterocycles. The zero-order valence-corrected chi connectivity index (χ0v) is 12.4. The third-order valence-corrected chi connectivity index (χ3v) is 4.03. The summed E-state index contributed by atoms with van der Waals surface area (Å²) in [5, 5.41) is 4.06.